The van der Waals surface area contributed by atoms with Crippen LogP contribution in [0.4, 0.5) is 11.6 Å². The van der Waals surface area contributed by atoms with E-state index in [0.29, 0.717) is 17.6 Å². The Morgan fingerprint density at radius 3 is 2.48 bits per heavy atom. The Morgan fingerprint density at radius 1 is 1.15 bits per heavy atom. The third kappa shape index (κ3) is 4.65. The summed E-state index contributed by atoms with van der Waals surface area (Å²) < 4.78 is 0. The number of nitrogens with one attached hydrogen (secondary N) is 1. The molecular formula is C22H30N4O. The van der Waals surface area contributed by atoms with Crippen LogP contribution < -0.4 is 5.32 Å². The van der Waals surface area contributed by atoms with Gasteiger partial charge >= 0.3 is 0 Å². The van der Waals surface area contributed by atoms with Crippen LogP contribution in [0.25, 0.3) is 0 Å². The summed E-state index contributed by atoms with van der Waals surface area (Å²) in [5, 5.41) is 3.33. The third-order valence-electron chi connectivity index (χ3n) is 5.13. The maximum Gasteiger partial charge on any atom is 0.272 e. The van der Waals surface area contributed by atoms with Gasteiger partial charge in [-0.15, -0.1) is 0 Å². The molecule has 5 nitrogen and oxygen atoms in total. The molecule has 2 aromatic rings. The van der Waals surface area contributed by atoms with Gasteiger partial charge in [0.15, 0.2) is 0 Å². The first-order valence-corrected chi connectivity index (χ1v) is 9.75. The van der Waals surface area contributed by atoms with Gasteiger partial charge in [0.2, 0.25) is 5.95 Å². The van der Waals surface area contributed by atoms with E-state index in [1.54, 1.807) is 6.07 Å². The lowest BCUT2D eigenvalue weighted by atomic mass is 9.86. The van der Waals surface area contributed by atoms with Crippen molar-refractivity contribution in [2.45, 2.75) is 52.9 Å². The van der Waals surface area contributed by atoms with Crippen molar-refractivity contribution in [1.29, 1.82) is 0 Å². The van der Waals surface area contributed by atoms with Gasteiger partial charge in [-0.2, -0.15) is 0 Å². The highest BCUT2D eigenvalue weighted by Gasteiger charge is 2.23. The highest BCUT2D eigenvalue weighted by atomic mass is 16.2. The summed E-state index contributed by atoms with van der Waals surface area (Å²) in [6.45, 7) is 12.3. The third-order valence-corrected chi connectivity index (χ3v) is 5.13. The van der Waals surface area contributed by atoms with Crippen molar-refractivity contribution in [1.82, 2.24) is 14.9 Å². The highest BCUT2D eigenvalue weighted by Crippen LogP contribution is 2.30. The fourth-order valence-electron chi connectivity index (χ4n) is 3.47. The summed E-state index contributed by atoms with van der Waals surface area (Å²) in [4.78, 5) is 23.8. The number of benzene rings is 1. The first kappa shape index (κ1) is 19.3. The number of likely N-dealkylation sites (tertiary alicyclic amines) is 1. The number of carbonyl (C=O) groups excluding carboxylic acids is 1. The average molecular weight is 367 g/mol. The standard InChI is InChI=1S/C22H30N4O/c1-15-10-12-26(13-11-15)20(27)19-14-16(2)23-21(25-19)24-18-9-7-6-8-17(18)22(3,4)5/h6-9,14-15H,10-13H2,1-5H3,(H,23,24,25). The van der Waals surface area contributed by atoms with E-state index in [1.165, 1.54) is 5.56 Å². The number of amides is 1. The van der Waals surface area contributed by atoms with Crippen LogP contribution in [0.1, 0.15) is 62.3 Å². The lowest BCUT2D eigenvalue weighted by Gasteiger charge is -2.30. The van der Waals surface area contributed by atoms with Crippen molar-refractivity contribution in [2.75, 3.05) is 18.4 Å². The molecule has 0 unspecified atom stereocenters. The summed E-state index contributed by atoms with van der Waals surface area (Å²) in [5.41, 5.74) is 3.41. The minimum Gasteiger partial charge on any atom is -0.337 e. The molecule has 0 saturated carbocycles. The van der Waals surface area contributed by atoms with Crippen molar-refractivity contribution in [3.8, 4) is 0 Å². The second-order valence-electron chi connectivity index (χ2n) is 8.61. The molecule has 1 amide bonds. The van der Waals surface area contributed by atoms with Gasteiger partial charge in [0.05, 0.1) is 0 Å². The number of rotatable bonds is 3. The van der Waals surface area contributed by atoms with E-state index >= 15 is 0 Å². The molecule has 1 saturated heterocycles. The van der Waals surface area contributed by atoms with E-state index in [-0.39, 0.29) is 11.3 Å². The molecular weight excluding hydrogens is 336 g/mol. The van der Waals surface area contributed by atoms with E-state index in [1.807, 2.05) is 30.0 Å². The molecule has 0 radical (unpaired) electrons. The zero-order valence-electron chi connectivity index (χ0n) is 17.0. The van der Waals surface area contributed by atoms with Gasteiger partial charge in [0.1, 0.15) is 5.69 Å². The predicted octanol–water partition coefficient (Wildman–Crippen LogP) is 4.70. The molecule has 1 aliphatic heterocycles. The van der Waals surface area contributed by atoms with E-state index < -0.39 is 0 Å². The van der Waals surface area contributed by atoms with Gasteiger partial charge in [0.25, 0.3) is 5.91 Å². The quantitative estimate of drug-likeness (QED) is 0.855. The summed E-state index contributed by atoms with van der Waals surface area (Å²) in [7, 11) is 0. The second-order valence-corrected chi connectivity index (χ2v) is 8.61. The van der Waals surface area contributed by atoms with Crippen LogP contribution in [-0.4, -0.2) is 33.9 Å². The van der Waals surface area contributed by atoms with Crippen LogP contribution in [-0.2, 0) is 5.41 Å². The van der Waals surface area contributed by atoms with Crippen LogP contribution in [0.2, 0.25) is 0 Å². The Kier molecular flexibility index (Phi) is 5.49. The molecule has 1 fully saturated rings. The number of anilines is 2. The van der Waals surface area contributed by atoms with Gasteiger partial charge < -0.3 is 10.2 Å². The minimum absolute atomic E-state index is 0.000411. The summed E-state index contributed by atoms with van der Waals surface area (Å²) in [5.74, 6) is 1.16. The van der Waals surface area contributed by atoms with E-state index in [9.17, 15) is 4.79 Å². The molecule has 2 heterocycles. The topological polar surface area (TPSA) is 58.1 Å². The Morgan fingerprint density at radius 2 is 1.81 bits per heavy atom. The first-order valence-electron chi connectivity index (χ1n) is 9.75. The molecule has 1 aromatic heterocycles. The van der Waals surface area contributed by atoms with Crippen LogP contribution in [0, 0.1) is 12.8 Å². The highest BCUT2D eigenvalue weighted by molar-refractivity contribution is 5.92. The number of carbonyl (C=O) groups is 1. The van der Waals surface area contributed by atoms with Gasteiger partial charge in [-0.3, -0.25) is 4.79 Å². The zero-order valence-corrected chi connectivity index (χ0v) is 17.0. The molecule has 1 aliphatic rings. The monoisotopic (exact) mass is 366 g/mol. The Hall–Kier alpha value is -2.43. The molecule has 0 aliphatic carbocycles. The second kappa shape index (κ2) is 7.67. The van der Waals surface area contributed by atoms with Gasteiger partial charge in [-0.1, -0.05) is 45.9 Å². The molecule has 5 heteroatoms. The average Bonchev–Trinajstić information content (AvgIpc) is 2.61. The Balaban J connectivity index is 1.86. The van der Waals surface area contributed by atoms with Crippen LogP contribution in [0.3, 0.4) is 0 Å². The smallest absolute Gasteiger partial charge is 0.272 e. The molecule has 3 rings (SSSR count). The maximum atomic E-state index is 12.9. The fraction of sp³-hybridized carbons (Fsp3) is 0.500. The summed E-state index contributed by atoms with van der Waals surface area (Å²) >= 11 is 0. The fourth-order valence-corrected chi connectivity index (χ4v) is 3.47. The van der Waals surface area contributed by atoms with Crippen molar-refractivity contribution in [2.24, 2.45) is 5.92 Å². The number of aryl methyl sites for hydroxylation is 1. The number of nitrogens with zero attached hydrogens (tertiary/aromatic N) is 3. The van der Waals surface area contributed by atoms with Crippen molar-refractivity contribution in [3.05, 3.63) is 47.3 Å². The van der Waals surface area contributed by atoms with Crippen LogP contribution in [0.15, 0.2) is 30.3 Å². The SMILES string of the molecule is Cc1cc(C(=O)N2CCC(C)CC2)nc(Nc2ccccc2C(C)(C)C)n1. The minimum atomic E-state index is -0.00341. The first-order chi connectivity index (χ1) is 12.7. The Labute approximate surface area is 162 Å². The molecule has 0 atom stereocenters. The number of para-hydroxylation sites is 1. The van der Waals surface area contributed by atoms with Crippen molar-refractivity contribution >= 4 is 17.5 Å². The van der Waals surface area contributed by atoms with E-state index in [2.05, 4.69) is 49.0 Å². The normalized spacial score (nSPS) is 15.7. The number of hydrogen-bond acceptors (Lipinski definition) is 4. The largest absolute Gasteiger partial charge is 0.337 e. The molecule has 1 N–H and O–H groups in total. The van der Waals surface area contributed by atoms with Crippen molar-refractivity contribution in [3.63, 3.8) is 0 Å². The zero-order chi connectivity index (χ0) is 19.6. The summed E-state index contributed by atoms with van der Waals surface area (Å²) in [6.07, 6.45) is 2.11. The molecule has 0 bridgehead atoms. The van der Waals surface area contributed by atoms with Crippen LogP contribution in [0.5, 0.6) is 0 Å². The number of aromatic nitrogens is 2. The van der Waals surface area contributed by atoms with Gasteiger partial charge in [-0.25, -0.2) is 9.97 Å². The molecule has 144 valence electrons. The lowest BCUT2D eigenvalue weighted by Crippen LogP contribution is -2.38. The van der Waals surface area contributed by atoms with Gasteiger partial charge in [-0.05, 0) is 48.8 Å². The maximum absolute atomic E-state index is 12.9. The lowest BCUT2D eigenvalue weighted by molar-refractivity contribution is 0.0691. The van der Waals surface area contributed by atoms with Gasteiger partial charge in [0, 0.05) is 24.5 Å². The number of hydrogen-bond donors (Lipinski definition) is 1. The molecule has 0 spiro atoms. The van der Waals surface area contributed by atoms with Crippen molar-refractivity contribution < 1.29 is 4.79 Å². The van der Waals surface area contributed by atoms with E-state index in [0.717, 1.165) is 37.3 Å². The van der Waals surface area contributed by atoms with E-state index in [4.69, 9.17) is 0 Å². The number of piperidine rings is 1. The van der Waals surface area contributed by atoms with Crippen LogP contribution >= 0.6 is 0 Å². The molecule has 27 heavy (non-hydrogen) atoms. The predicted molar refractivity (Wildman–Crippen MR) is 109 cm³/mol. The Bertz CT molecular complexity index is 817. The summed E-state index contributed by atoms with van der Waals surface area (Å²) in [6, 6.07) is 9.95. The molecule has 1 aromatic carbocycles.